The Morgan fingerprint density at radius 1 is 1.12 bits per heavy atom. The van der Waals surface area contributed by atoms with Crippen LogP contribution in [0.2, 0.25) is 0 Å². The highest BCUT2D eigenvalue weighted by Crippen LogP contribution is 2.52. The number of halogens is 3. The molecule has 0 amide bonds. The highest BCUT2D eigenvalue weighted by molar-refractivity contribution is 7.87. The van der Waals surface area contributed by atoms with Crippen LogP contribution < -0.4 is 0 Å². The van der Waals surface area contributed by atoms with Gasteiger partial charge in [0.15, 0.2) is 0 Å². The van der Waals surface area contributed by atoms with Gasteiger partial charge in [-0.1, -0.05) is 45.1 Å². The largest absolute Gasteiger partial charge is 0.534 e. The molecule has 0 aliphatic heterocycles. The van der Waals surface area contributed by atoms with Crippen molar-refractivity contribution in [3.05, 3.63) is 35.6 Å². The number of ether oxygens (including phenoxy) is 1. The monoisotopic (exact) mass is 492 g/mol. The van der Waals surface area contributed by atoms with Crippen molar-refractivity contribution >= 4 is 16.1 Å². The molecule has 33 heavy (non-hydrogen) atoms. The van der Waals surface area contributed by atoms with E-state index in [9.17, 15) is 26.4 Å². The number of esters is 1. The first-order chi connectivity index (χ1) is 14.9. The number of carbonyl (C=O) groups excluding carboxylic acids is 1. The Morgan fingerprint density at radius 2 is 1.70 bits per heavy atom. The van der Waals surface area contributed by atoms with Crippen molar-refractivity contribution in [3.63, 3.8) is 0 Å². The first-order valence-electron chi connectivity index (χ1n) is 11.2. The first kappa shape index (κ1) is 27.5. The third kappa shape index (κ3) is 6.43. The molecule has 2 aliphatic carbocycles. The average molecular weight is 493 g/mol. The third-order valence-electron chi connectivity index (χ3n) is 6.36. The Balaban J connectivity index is 2.30. The van der Waals surface area contributed by atoms with Crippen LogP contribution in [-0.2, 0) is 23.8 Å². The van der Waals surface area contributed by atoms with Crippen LogP contribution in [0.3, 0.4) is 0 Å². The fourth-order valence-corrected chi connectivity index (χ4v) is 4.75. The minimum Gasteiger partial charge on any atom is -0.464 e. The van der Waals surface area contributed by atoms with Gasteiger partial charge in [-0.15, -0.1) is 0 Å². The molecule has 0 aromatic heterocycles. The van der Waals surface area contributed by atoms with Gasteiger partial charge in [0.2, 0.25) is 0 Å². The van der Waals surface area contributed by atoms with E-state index in [0.29, 0.717) is 31.3 Å². The zero-order valence-electron chi connectivity index (χ0n) is 20.2. The van der Waals surface area contributed by atoms with Crippen molar-refractivity contribution in [2.45, 2.75) is 79.2 Å². The lowest BCUT2D eigenvalue weighted by molar-refractivity contribution is -0.155. The summed E-state index contributed by atoms with van der Waals surface area (Å²) in [6.45, 7) is 10.7. The van der Waals surface area contributed by atoms with Gasteiger partial charge in [0.1, 0.15) is 12.4 Å². The fourth-order valence-electron chi connectivity index (χ4n) is 4.13. The van der Waals surface area contributed by atoms with Crippen molar-refractivity contribution in [2.24, 2.45) is 22.2 Å². The van der Waals surface area contributed by atoms with Gasteiger partial charge < -0.3 is 8.92 Å². The van der Waals surface area contributed by atoms with Crippen LogP contribution in [-0.4, -0.2) is 26.5 Å². The average Bonchev–Trinajstić information content (AvgIpc) is 3.00. The van der Waals surface area contributed by atoms with Crippen LogP contribution in [0.4, 0.5) is 13.2 Å². The van der Waals surface area contributed by atoms with Gasteiger partial charge in [-0.25, -0.2) is 0 Å². The zero-order chi connectivity index (χ0) is 25.3. The molecule has 1 atom stereocenters. The summed E-state index contributed by atoms with van der Waals surface area (Å²) in [5.74, 6) is -0.592. The van der Waals surface area contributed by atoms with E-state index in [1.54, 1.807) is 27.7 Å². The van der Waals surface area contributed by atoms with E-state index >= 15 is 0 Å². The summed E-state index contributed by atoms with van der Waals surface area (Å²) in [6.07, 6.45) is 10.4. The van der Waals surface area contributed by atoms with Crippen LogP contribution in [0, 0.1) is 22.2 Å². The summed E-state index contributed by atoms with van der Waals surface area (Å²) in [5, 5.41) is 0. The summed E-state index contributed by atoms with van der Waals surface area (Å²) in [4.78, 5) is 12.3. The van der Waals surface area contributed by atoms with Crippen molar-refractivity contribution in [1.29, 1.82) is 0 Å². The quantitative estimate of drug-likeness (QED) is 0.169. The minimum absolute atomic E-state index is 0.0968. The molecule has 0 aromatic carbocycles. The maximum atomic E-state index is 13.1. The zero-order valence-corrected chi connectivity index (χ0v) is 21.0. The molecule has 0 aromatic rings. The lowest BCUT2D eigenvalue weighted by Crippen LogP contribution is -2.33. The number of rotatable bonds is 8. The molecule has 2 rings (SSSR count). The summed E-state index contributed by atoms with van der Waals surface area (Å²) in [5.41, 5.74) is -7.08. The van der Waals surface area contributed by atoms with E-state index in [-0.39, 0.29) is 24.3 Å². The molecule has 0 saturated carbocycles. The van der Waals surface area contributed by atoms with E-state index in [1.165, 1.54) is 0 Å². The van der Waals surface area contributed by atoms with E-state index in [1.807, 2.05) is 38.2 Å². The van der Waals surface area contributed by atoms with Crippen molar-refractivity contribution in [1.82, 2.24) is 0 Å². The molecule has 0 N–H and O–H groups in total. The summed E-state index contributed by atoms with van der Waals surface area (Å²) in [6, 6.07) is 0. The molecule has 0 spiro atoms. The second-order valence-electron chi connectivity index (χ2n) is 10.7. The molecule has 5 nitrogen and oxygen atoms in total. The van der Waals surface area contributed by atoms with Crippen LogP contribution in [0.25, 0.3) is 0 Å². The van der Waals surface area contributed by atoms with Gasteiger partial charge in [-0.3, -0.25) is 4.79 Å². The lowest BCUT2D eigenvalue weighted by Gasteiger charge is -2.35. The number of carbonyl (C=O) groups is 1. The maximum Gasteiger partial charge on any atom is 0.534 e. The highest BCUT2D eigenvalue weighted by atomic mass is 32.2. The minimum atomic E-state index is -5.77. The maximum absolute atomic E-state index is 13.1. The normalized spacial score (nSPS) is 23.3. The van der Waals surface area contributed by atoms with Gasteiger partial charge >= 0.3 is 21.6 Å². The molecular weight excluding hydrogens is 457 g/mol. The van der Waals surface area contributed by atoms with E-state index < -0.39 is 31.9 Å². The molecule has 9 heteroatoms. The topological polar surface area (TPSA) is 69.7 Å². The van der Waals surface area contributed by atoms with Gasteiger partial charge in [0.25, 0.3) is 0 Å². The SMILES string of the molecule is CC(C)C1=C(OS(=O)(=O)C(F)(F)F)[C@@](C)(CCC2(COC(=O)C(C)(C)C)C=CCC=C2)CC1. The fraction of sp³-hybridized carbons (Fsp3) is 0.708. The lowest BCUT2D eigenvalue weighted by atomic mass is 9.73. The Kier molecular flexibility index (Phi) is 7.88. The molecular formula is C24H35F3O5S. The van der Waals surface area contributed by atoms with Crippen LogP contribution in [0.1, 0.15) is 73.6 Å². The van der Waals surface area contributed by atoms with Gasteiger partial charge in [0, 0.05) is 10.8 Å². The van der Waals surface area contributed by atoms with Crippen LogP contribution in [0.5, 0.6) is 0 Å². The van der Waals surface area contributed by atoms with Crippen molar-refractivity contribution in [3.8, 4) is 0 Å². The second-order valence-corrected chi connectivity index (χ2v) is 12.2. The van der Waals surface area contributed by atoms with Gasteiger partial charge in [-0.2, -0.15) is 21.6 Å². The predicted octanol–water partition coefficient (Wildman–Crippen LogP) is 6.43. The van der Waals surface area contributed by atoms with Crippen molar-refractivity contribution < 1.29 is 35.3 Å². The summed E-state index contributed by atoms with van der Waals surface area (Å²) < 4.78 is 73.3. The molecule has 0 heterocycles. The Morgan fingerprint density at radius 3 is 2.18 bits per heavy atom. The van der Waals surface area contributed by atoms with Crippen LogP contribution >= 0.6 is 0 Å². The van der Waals surface area contributed by atoms with E-state index in [2.05, 4.69) is 0 Å². The molecule has 0 radical (unpaired) electrons. The third-order valence-corrected chi connectivity index (χ3v) is 7.31. The number of allylic oxidation sites excluding steroid dienone is 4. The summed E-state index contributed by atoms with van der Waals surface area (Å²) in [7, 11) is -5.77. The molecule has 0 unspecified atom stereocenters. The predicted molar refractivity (Wildman–Crippen MR) is 120 cm³/mol. The number of alkyl halides is 3. The molecule has 0 saturated heterocycles. The Hall–Kier alpha value is -1.77. The van der Waals surface area contributed by atoms with Crippen LogP contribution in [0.15, 0.2) is 35.6 Å². The van der Waals surface area contributed by atoms with Gasteiger partial charge in [0.05, 0.1) is 5.41 Å². The standard InChI is InChI=1S/C24H35F3O5S/c1-17(2)18-10-13-22(6,19(18)32-33(29,30)24(25,26)27)14-15-23(11-8-7-9-12-23)16-31-20(28)21(3,4)5/h8-9,11-12,17H,7,10,13-16H2,1-6H3/t22-/m1/s1. The van der Waals surface area contributed by atoms with E-state index in [4.69, 9.17) is 8.92 Å². The summed E-state index contributed by atoms with van der Waals surface area (Å²) >= 11 is 0. The Bertz CT molecular complexity index is 924. The number of hydrogen-bond donors (Lipinski definition) is 0. The Labute approximate surface area is 195 Å². The molecule has 2 aliphatic rings. The second kappa shape index (κ2) is 9.47. The molecule has 0 bridgehead atoms. The van der Waals surface area contributed by atoms with E-state index in [0.717, 1.165) is 6.42 Å². The highest BCUT2D eigenvalue weighted by Gasteiger charge is 2.52. The smallest absolute Gasteiger partial charge is 0.464 e. The van der Waals surface area contributed by atoms with Crippen molar-refractivity contribution in [2.75, 3.05) is 6.61 Å². The number of hydrogen-bond acceptors (Lipinski definition) is 5. The van der Waals surface area contributed by atoms with Gasteiger partial charge in [-0.05, 0) is 64.4 Å². The molecule has 0 fully saturated rings. The molecule has 188 valence electrons. The first-order valence-corrected chi connectivity index (χ1v) is 12.6.